The molecule has 0 aliphatic heterocycles. The summed E-state index contributed by atoms with van der Waals surface area (Å²) >= 11 is 0. The summed E-state index contributed by atoms with van der Waals surface area (Å²) in [6.45, 7) is 11.9. The Morgan fingerprint density at radius 3 is 1.94 bits per heavy atom. The summed E-state index contributed by atoms with van der Waals surface area (Å²) in [6, 6.07) is 11.6. The Morgan fingerprint density at radius 1 is 0.909 bits per heavy atom. The summed E-state index contributed by atoms with van der Waals surface area (Å²) in [5, 5.41) is 2.57. The van der Waals surface area contributed by atoms with E-state index in [1.54, 1.807) is 18.2 Å². The normalized spacial score (nSPS) is 12.5. The van der Waals surface area contributed by atoms with Gasteiger partial charge in [-0.25, -0.2) is 17.5 Å². The van der Waals surface area contributed by atoms with Crippen LogP contribution in [0.2, 0.25) is 0 Å². The van der Waals surface area contributed by atoms with E-state index in [0.29, 0.717) is 11.3 Å². The first-order valence-electron chi connectivity index (χ1n) is 10.7. The fourth-order valence-corrected chi connectivity index (χ4v) is 3.92. The number of hydrogen-bond donors (Lipinski definition) is 1. The third kappa shape index (κ3) is 6.88. The molecule has 33 heavy (non-hydrogen) atoms. The minimum absolute atomic E-state index is 0.0519. The van der Waals surface area contributed by atoms with E-state index in [-0.39, 0.29) is 15.7 Å². The van der Waals surface area contributed by atoms with Crippen molar-refractivity contribution in [2.75, 3.05) is 26.0 Å². The molecule has 8 heteroatoms. The minimum atomic E-state index is -3.63. The second-order valence-corrected chi connectivity index (χ2v) is 12.4. The molecule has 0 atom stereocenters. The van der Waals surface area contributed by atoms with Crippen LogP contribution in [0, 0.1) is 0 Å². The van der Waals surface area contributed by atoms with Crippen molar-refractivity contribution in [1.82, 2.24) is 4.31 Å². The zero-order chi connectivity index (χ0) is 25.2. The van der Waals surface area contributed by atoms with Crippen LogP contribution < -0.4 is 5.32 Å². The van der Waals surface area contributed by atoms with Gasteiger partial charge < -0.3 is 10.1 Å². The number of hydrogen-bond acceptors (Lipinski definition) is 5. The van der Waals surface area contributed by atoms with Gasteiger partial charge in [-0.3, -0.25) is 4.79 Å². The number of ether oxygens (including phenoxy) is 1. The van der Waals surface area contributed by atoms with Crippen LogP contribution in [0.25, 0.3) is 0 Å². The molecule has 1 N–H and O–H groups in total. The molecule has 2 aromatic rings. The molecule has 2 rings (SSSR count). The number of esters is 1. The second-order valence-electron chi connectivity index (χ2n) is 10.2. The topological polar surface area (TPSA) is 92.8 Å². The fraction of sp³-hybridized carbons (Fsp3) is 0.440. The quantitative estimate of drug-likeness (QED) is 0.629. The Balaban J connectivity index is 2.15. The Hall–Kier alpha value is -2.71. The van der Waals surface area contributed by atoms with Gasteiger partial charge in [-0.15, -0.1) is 0 Å². The first-order chi connectivity index (χ1) is 15.0. The van der Waals surface area contributed by atoms with E-state index in [0.717, 1.165) is 15.4 Å². The van der Waals surface area contributed by atoms with Gasteiger partial charge in [-0.05, 0) is 52.3 Å². The van der Waals surface area contributed by atoms with Crippen LogP contribution in [0.3, 0.4) is 0 Å². The molecule has 7 nitrogen and oxygen atoms in total. The Labute approximate surface area is 197 Å². The molecule has 0 heterocycles. The Bertz CT molecular complexity index is 1110. The predicted octanol–water partition coefficient (Wildman–Crippen LogP) is 4.33. The second kappa shape index (κ2) is 9.65. The molecule has 2 aromatic carbocycles. The monoisotopic (exact) mass is 474 g/mol. The third-order valence-electron chi connectivity index (χ3n) is 5.13. The van der Waals surface area contributed by atoms with Crippen molar-refractivity contribution < 1.29 is 22.7 Å². The molecule has 0 saturated heterocycles. The molecule has 0 radical (unpaired) electrons. The van der Waals surface area contributed by atoms with E-state index >= 15 is 0 Å². The van der Waals surface area contributed by atoms with Gasteiger partial charge in [0.1, 0.15) is 0 Å². The third-order valence-corrected chi connectivity index (χ3v) is 6.94. The van der Waals surface area contributed by atoms with E-state index in [2.05, 4.69) is 52.9 Å². The highest BCUT2D eigenvalue weighted by molar-refractivity contribution is 7.89. The standard InChI is InChI=1S/C25H34N2O5S/c1-24(2,3)18-12-17(13-19(14-18)25(4,5)6)23(29)32-16-22(28)26-20-10-9-11-21(15-20)33(30,31)27(7)8/h9-15H,16H2,1-8H3,(H,26,28). The van der Waals surface area contributed by atoms with Crippen molar-refractivity contribution in [2.24, 2.45) is 0 Å². The summed E-state index contributed by atoms with van der Waals surface area (Å²) in [7, 11) is -0.772. The van der Waals surface area contributed by atoms with Crippen LogP contribution in [0.5, 0.6) is 0 Å². The van der Waals surface area contributed by atoms with Gasteiger partial charge in [0.2, 0.25) is 10.0 Å². The molecular formula is C25H34N2O5S. The number of sulfonamides is 1. The van der Waals surface area contributed by atoms with Gasteiger partial charge in [0, 0.05) is 19.8 Å². The van der Waals surface area contributed by atoms with Crippen molar-refractivity contribution in [3.05, 3.63) is 59.2 Å². The summed E-state index contributed by atoms with van der Waals surface area (Å²) in [5.74, 6) is -1.16. The lowest BCUT2D eigenvalue weighted by molar-refractivity contribution is -0.119. The highest BCUT2D eigenvalue weighted by Gasteiger charge is 2.23. The van der Waals surface area contributed by atoms with Gasteiger partial charge >= 0.3 is 5.97 Å². The molecule has 180 valence electrons. The minimum Gasteiger partial charge on any atom is -0.452 e. The maximum atomic E-state index is 12.7. The van der Waals surface area contributed by atoms with Crippen LogP contribution >= 0.6 is 0 Å². The zero-order valence-electron chi connectivity index (χ0n) is 20.6. The van der Waals surface area contributed by atoms with Crippen molar-refractivity contribution >= 4 is 27.6 Å². The molecule has 0 fully saturated rings. The van der Waals surface area contributed by atoms with Crippen LogP contribution in [0.1, 0.15) is 63.0 Å². The molecule has 0 unspecified atom stereocenters. The Kier molecular flexibility index (Phi) is 7.76. The van der Waals surface area contributed by atoms with Crippen molar-refractivity contribution in [3.63, 3.8) is 0 Å². The van der Waals surface area contributed by atoms with Gasteiger partial charge in [-0.1, -0.05) is 53.7 Å². The van der Waals surface area contributed by atoms with Crippen molar-refractivity contribution in [2.45, 2.75) is 57.3 Å². The molecule has 0 bridgehead atoms. The molecule has 0 aliphatic carbocycles. The van der Waals surface area contributed by atoms with E-state index in [4.69, 9.17) is 4.74 Å². The summed E-state index contributed by atoms with van der Waals surface area (Å²) < 4.78 is 30.9. The van der Waals surface area contributed by atoms with Gasteiger partial charge in [0.05, 0.1) is 10.5 Å². The van der Waals surface area contributed by atoms with Crippen molar-refractivity contribution in [3.8, 4) is 0 Å². The molecule has 1 amide bonds. The average Bonchev–Trinajstić information content (AvgIpc) is 2.70. The maximum Gasteiger partial charge on any atom is 0.338 e. The number of anilines is 1. The van der Waals surface area contributed by atoms with Crippen LogP contribution in [-0.2, 0) is 30.4 Å². The highest BCUT2D eigenvalue weighted by Crippen LogP contribution is 2.30. The molecular weight excluding hydrogens is 440 g/mol. The summed E-state index contributed by atoms with van der Waals surface area (Å²) in [6.07, 6.45) is 0. The highest BCUT2D eigenvalue weighted by atomic mass is 32.2. The van der Waals surface area contributed by atoms with Gasteiger partial charge in [0.15, 0.2) is 6.61 Å². The fourth-order valence-electron chi connectivity index (χ4n) is 2.97. The first kappa shape index (κ1) is 26.5. The summed E-state index contributed by atoms with van der Waals surface area (Å²) in [5.41, 5.74) is 2.37. The maximum absolute atomic E-state index is 12.7. The number of rotatable bonds is 6. The first-order valence-corrected chi connectivity index (χ1v) is 12.1. The number of carbonyl (C=O) groups is 2. The summed E-state index contributed by atoms with van der Waals surface area (Å²) in [4.78, 5) is 25.1. The molecule has 0 saturated carbocycles. The smallest absolute Gasteiger partial charge is 0.338 e. The SMILES string of the molecule is CN(C)S(=O)(=O)c1cccc(NC(=O)COC(=O)c2cc(C(C)(C)C)cc(C(C)(C)C)c2)c1. The van der Waals surface area contributed by atoms with E-state index in [9.17, 15) is 18.0 Å². The van der Waals surface area contributed by atoms with Gasteiger partial charge in [-0.2, -0.15) is 0 Å². The van der Waals surface area contributed by atoms with Crippen molar-refractivity contribution in [1.29, 1.82) is 0 Å². The lowest BCUT2D eigenvalue weighted by atomic mass is 9.79. The number of benzene rings is 2. The van der Waals surface area contributed by atoms with Gasteiger partial charge in [0.25, 0.3) is 5.91 Å². The number of amides is 1. The Morgan fingerprint density at radius 2 is 1.45 bits per heavy atom. The average molecular weight is 475 g/mol. The predicted molar refractivity (Wildman–Crippen MR) is 130 cm³/mol. The molecule has 0 aromatic heterocycles. The van der Waals surface area contributed by atoms with Crippen LogP contribution in [0.15, 0.2) is 47.4 Å². The van der Waals surface area contributed by atoms with E-state index in [1.165, 1.54) is 32.3 Å². The number of carbonyl (C=O) groups excluding carboxylic acids is 2. The lowest BCUT2D eigenvalue weighted by Crippen LogP contribution is -2.23. The van der Waals surface area contributed by atoms with E-state index in [1.807, 2.05) is 0 Å². The largest absolute Gasteiger partial charge is 0.452 e. The zero-order valence-corrected chi connectivity index (χ0v) is 21.5. The van der Waals surface area contributed by atoms with E-state index < -0.39 is 28.5 Å². The number of nitrogens with zero attached hydrogens (tertiary/aromatic N) is 1. The molecule has 0 spiro atoms. The molecule has 0 aliphatic rings. The lowest BCUT2D eigenvalue weighted by Gasteiger charge is -2.25. The van der Waals surface area contributed by atoms with Crippen LogP contribution in [0.4, 0.5) is 5.69 Å². The number of nitrogens with one attached hydrogen (secondary N) is 1. The van der Waals surface area contributed by atoms with Crippen LogP contribution in [-0.4, -0.2) is 45.3 Å².